The largest absolute Gasteiger partial charge is 0.480 e. The Hall–Kier alpha value is -2.42. The average Bonchev–Trinajstić information content (AvgIpc) is 2.49. The van der Waals surface area contributed by atoms with Crippen molar-refractivity contribution in [1.29, 1.82) is 0 Å². The Kier molecular flexibility index (Phi) is 4.88. The maximum atomic E-state index is 11.4. The highest BCUT2D eigenvalue weighted by atomic mass is 16.4. The molecule has 0 aliphatic rings. The molecule has 0 heterocycles. The van der Waals surface area contributed by atoms with Gasteiger partial charge in [-0.3, -0.25) is 4.99 Å². The molecule has 21 heavy (non-hydrogen) atoms. The topological polar surface area (TPSA) is 49.7 Å². The third-order valence-electron chi connectivity index (χ3n) is 3.25. The van der Waals surface area contributed by atoms with Crippen LogP contribution in [0.2, 0.25) is 0 Å². The molecule has 108 valence electrons. The molecular weight excluding hydrogens is 262 g/mol. The third kappa shape index (κ3) is 3.78. The van der Waals surface area contributed by atoms with Crippen molar-refractivity contribution in [3.8, 4) is 0 Å². The Morgan fingerprint density at radius 2 is 1.33 bits per heavy atom. The summed E-state index contributed by atoms with van der Waals surface area (Å²) >= 11 is 0. The summed E-state index contributed by atoms with van der Waals surface area (Å²) in [6.07, 6.45) is 0. The van der Waals surface area contributed by atoms with Gasteiger partial charge in [-0.05, 0) is 5.92 Å². The van der Waals surface area contributed by atoms with Gasteiger partial charge in [0.15, 0.2) is 0 Å². The fourth-order valence-electron chi connectivity index (χ4n) is 2.14. The van der Waals surface area contributed by atoms with E-state index >= 15 is 0 Å². The summed E-state index contributed by atoms with van der Waals surface area (Å²) in [6, 6.07) is 18.6. The monoisotopic (exact) mass is 281 g/mol. The first-order chi connectivity index (χ1) is 10.1. The molecule has 1 unspecified atom stereocenters. The van der Waals surface area contributed by atoms with Crippen molar-refractivity contribution in [1.82, 2.24) is 0 Å². The second kappa shape index (κ2) is 6.84. The minimum absolute atomic E-state index is 0.0649. The average molecular weight is 281 g/mol. The van der Waals surface area contributed by atoms with Crippen molar-refractivity contribution in [3.63, 3.8) is 0 Å². The molecule has 0 aliphatic carbocycles. The molecule has 0 saturated carbocycles. The summed E-state index contributed by atoms with van der Waals surface area (Å²) in [4.78, 5) is 16.0. The fraction of sp³-hybridized carbons (Fsp3) is 0.222. The number of benzene rings is 2. The molecule has 1 N–H and O–H groups in total. The molecular formula is C18H19NO2. The van der Waals surface area contributed by atoms with Gasteiger partial charge < -0.3 is 5.11 Å². The van der Waals surface area contributed by atoms with Gasteiger partial charge in [-0.1, -0.05) is 74.5 Å². The van der Waals surface area contributed by atoms with Gasteiger partial charge in [0.2, 0.25) is 0 Å². The summed E-state index contributed by atoms with van der Waals surface area (Å²) in [7, 11) is 0. The summed E-state index contributed by atoms with van der Waals surface area (Å²) in [5.74, 6) is -0.959. The highest BCUT2D eigenvalue weighted by molar-refractivity contribution is 6.13. The van der Waals surface area contributed by atoms with Crippen LogP contribution < -0.4 is 0 Å². The maximum Gasteiger partial charge on any atom is 0.328 e. The lowest BCUT2D eigenvalue weighted by Gasteiger charge is -2.15. The van der Waals surface area contributed by atoms with Crippen LogP contribution in [0.4, 0.5) is 0 Å². The van der Waals surface area contributed by atoms with E-state index in [0.29, 0.717) is 0 Å². The number of aliphatic carboxylic acids is 1. The maximum absolute atomic E-state index is 11.4. The summed E-state index contributed by atoms with van der Waals surface area (Å²) < 4.78 is 0. The molecule has 0 aromatic heterocycles. The van der Waals surface area contributed by atoms with Crippen LogP contribution in [0.3, 0.4) is 0 Å². The molecule has 3 nitrogen and oxygen atoms in total. The molecule has 2 aromatic rings. The van der Waals surface area contributed by atoms with Crippen LogP contribution in [-0.4, -0.2) is 22.8 Å². The highest BCUT2D eigenvalue weighted by Gasteiger charge is 2.22. The van der Waals surface area contributed by atoms with Crippen molar-refractivity contribution in [2.45, 2.75) is 19.9 Å². The van der Waals surface area contributed by atoms with Crippen LogP contribution in [-0.2, 0) is 4.79 Å². The SMILES string of the molecule is CC(C)C(N=C(c1ccccc1)c1ccccc1)C(=O)O. The lowest BCUT2D eigenvalue weighted by molar-refractivity contribution is -0.139. The summed E-state index contributed by atoms with van der Waals surface area (Å²) in [5.41, 5.74) is 2.57. The third-order valence-corrected chi connectivity index (χ3v) is 3.25. The number of hydrogen-bond acceptors (Lipinski definition) is 2. The van der Waals surface area contributed by atoms with Gasteiger partial charge in [0.25, 0.3) is 0 Å². The van der Waals surface area contributed by atoms with E-state index in [2.05, 4.69) is 4.99 Å². The predicted molar refractivity (Wildman–Crippen MR) is 84.8 cm³/mol. The van der Waals surface area contributed by atoms with Crippen LogP contribution in [0.5, 0.6) is 0 Å². The highest BCUT2D eigenvalue weighted by Crippen LogP contribution is 2.15. The van der Waals surface area contributed by atoms with Crippen LogP contribution >= 0.6 is 0 Å². The Morgan fingerprint density at radius 3 is 1.67 bits per heavy atom. The Bertz CT molecular complexity index is 577. The van der Waals surface area contributed by atoms with Gasteiger partial charge in [0.1, 0.15) is 6.04 Å². The first-order valence-electron chi connectivity index (χ1n) is 7.01. The standard InChI is InChI=1S/C18H19NO2/c1-13(2)16(18(20)21)19-17(14-9-5-3-6-10-14)15-11-7-4-8-12-15/h3-13,16H,1-2H3,(H,20,21). The van der Waals surface area contributed by atoms with Crippen LogP contribution in [0.1, 0.15) is 25.0 Å². The summed E-state index contributed by atoms with van der Waals surface area (Å²) in [5, 5.41) is 9.38. The van der Waals surface area contributed by atoms with E-state index < -0.39 is 12.0 Å². The number of aliphatic imine (C=N–C) groups is 1. The number of carbonyl (C=O) groups is 1. The van der Waals surface area contributed by atoms with E-state index in [1.807, 2.05) is 74.5 Å². The normalized spacial score (nSPS) is 12.0. The zero-order chi connectivity index (χ0) is 15.2. The number of rotatable bonds is 5. The first kappa shape index (κ1) is 15.0. The van der Waals surface area contributed by atoms with Gasteiger partial charge in [0, 0.05) is 11.1 Å². The summed E-state index contributed by atoms with van der Waals surface area (Å²) in [6.45, 7) is 3.74. The van der Waals surface area contributed by atoms with Crippen LogP contribution in [0, 0.1) is 5.92 Å². The zero-order valence-corrected chi connectivity index (χ0v) is 12.2. The zero-order valence-electron chi connectivity index (χ0n) is 12.2. The first-order valence-corrected chi connectivity index (χ1v) is 7.01. The second-order valence-electron chi connectivity index (χ2n) is 5.24. The predicted octanol–water partition coefficient (Wildman–Crippen LogP) is 3.63. The molecule has 0 amide bonds. The molecule has 0 fully saturated rings. The van der Waals surface area contributed by atoms with Gasteiger partial charge in [0.05, 0.1) is 5.71 Å². The minimum Gasteiger partial charge on any atom is -0.480 e. The molecule has 3 heteroatoms. The molecule has 2 aromatic carbocycles. The molecule has 0 spiro atoms. The van der Waals surface area contributed by atoms with E-state index in [-0.39, 0.29) is 5.92 Å². The Labute approximate surface area is 125 Å². The molecule has 0 bridgehead atoms. The van der Waals surface area contributed by atoms with Crippen LogP contribution in [0.15, 0.2) is 65.7 Å². The molecule has 1 atom stereocenters. The van der Waals surface area contributed by atoms with Crippen molar-refractivity contribution >= 4 is 11.7 Å². The number of nitrogens with zero attached hydrogens (tertiary/aromatic N) is 1. The van der Waals surface area contributed by atoms with Crippen molar-refractivity contribution in [2.75, 3.05) is 0 Å². The van der Waals surface area contributed by atoms with Gasteiger partial charge >= 0.3 is 5.97 Å². The minimum atomic E-state index is -0.894. The van der Waals surface area contributed by atoms with E-state index in [1.165, 1.54) is 0 Å². The van der Waals surface area contributed by atoms with Gasteiger partial charge in [-0.15, -0.1) is 0 Å². The van der Waals surface area contributed by atoms with E-state index in [0.717, 1.165) is 16.8 Å². The van der Waals surface area contributed by atoms with Crippen LogP contribution in [0.25, 0.3) is 0 Å². The number of carboxylic acids is 1. The molecule has 0 radical (unpaired) electrons. The second-order valence-corrected chi connectivity index (χ2v) is 5.24. The Morgan fingerprint density at radius 1 is 0.905 bits per heavy atom. The molecule has 2 rings (SSSR count). The lowest BCUT2D eigenvalue weighted by Crippen LogP contribution is -2.26. The smallest absolute Gasteiger partial charge is 0.328 e. The number of carboxylic acid groups (broad SMARTS) is 1. The quantitative estimate of drug-likeness (QED) is 0.851. The van der Waals surface area contributed by atoms with E-state index in [9.17, 15) is 9.90 Å². The van der Waals surface area contributed by atoms with Crippen molar-refractivity contribution < 1.29 is 9.90 Å². The van der Waals surface area contributed by atoms with E-state index in [4.69, 9.17) is 0 Å². The molecule has 0 saturated heterocycles. The van der Waals surface area contributed by atoms with Gasteiger partial charge in [-0.2, -0.15) is 0 Å². The molecule has 0 aliphatic heterocycles. The lowest BCUT2D eigenvalue weighted by atomic mass is 10.00. The van der Waals surface area contributed by atoms with Crippen molar-refractivity contribution in [3.05, 3.63) is 71.8 Å². The van der Waals surface area contributed by atoms with Gasteiger partial charge in [-0.25, -0.2) is 4.79 Å². The van der Waals surface area contributed by atoms with E-state index in [1.54, 1.807) is 0 Å². The Balaban J connectivity index is 2.54. The number of hydrogen-bond donors (Lipinski definition) is 1. The van der Waals surface area contributed by atoms with Crippen molar-refractivity contribution in [2.24, 2.45) is 10.9 Å². The fourth-order valence-corrected chi connectivity index (χ4v) is 2.14.